The van der Waals surface area contributed by atoms with Crippen molar-refractivity contribution in [2.45, 2.75) is 38.8 Å². The van der Waals surface area contributed by atoms with Gasteiger partial charge in [-0.05, 0) is 44.9 Å². The molecule has 1 aromatic carbocycles. The lowest BCUT2D eigenvalue weighted by Gasteiger charge is -2.33. The van der Waals surface area contributed by atoms with Gasteiger partial charge >= 0.3 is 0 Å². The Kier molecular flexibility index (Phi) is 5.34. The fourth-order valence-electron chi connectivity index (χ4n) is 4.46. The predicted octanol–water partition coefficient (Wildman–Crippen LogP) is 4.28. The van der Waals surface area contributed by atoms with Crippen molar-refractivity contribution in [2.75, 3.05) is 24.6 Å². The van der Waals surface area contributed by atoms with E-state index in [1.807, 2.05) is 10.9 Å². The summed E-state index contributed by atoms with van der Waals surface area (Å²) in [4.78, 5) is 24.7. The van der Waals surface area contributed by atoms with Crippen LogP contribution in [0.25, 0.3) is 16.9 Å². The topological polar surface area (TPSA) is 77.6 Å². The van der Waals surface area contributed by atoms with E-state index in [0.717, 1.165) is 18.4 Å². The van der Waals surface area contributed by atoms with E-state index in [-0.39, 0.29) is 22.2 Å². The molecule has 0 amide bonds. The van der Waals surface area contributed by atoms with Crippen LogP contribution in [0.2, 0.25) is 5.02 Å². The third-order valence-corrected chi connectivity index (χ3v) is 6.99. The molecule has 4 aromatic rings. The zero-order valence-corrected chi connectivity index (χ0v) is 20.2. The van der Waals surface area contributed by atoms with Crippen molar-refractivity contribution in [1.82, 2.24) is 24.1 Å². The van der Waals surface area contributed by atoms with Gasteiger partial charge in [-0.25, -0.2) is 14.4 Å². The predicted molar refractivity (Wildman–Crippen MR) is 131 cm³/mol. The van der Waals surface area contributed by atoms with Crippen LogP contribution in [-0.2, 0) is 4.74 Å². The zero-order valence-electron chi connectivity index (χ0n) is 19.4. The van der Waals surface area contributed by atoms with Gasteiger partial charge in [-0.15, -0.1) is 0 Å². The first-order valence-corrected chi connectivity index (χ1v) is 12.0. The highest BCUT2D eigenvalue weighted by molar-refractivity contribution is 6.30. The van der Waals surface area contributed by atoms with Gasteiger partial charge in [0.1, 0.15) is 23.4 Å². The van der Waals surface area contributed by atoms with Gasteiger partial charge in [0.25, 0.3) is 5.56 Å². The molecule has 3 aromatic heterocycles. The van der Waals surface area contributed by atoms with Crippen LogP contribution in [-0.4, -0.2) is 43.8 Å². The molecule has 0 spiro atoms. The Hall–Kier alpha value is -3.30. The van der Waals surface area contributed by atoms with Crippen LogP contribution >= 0.6 is 11.6 Å². The normalized spacial score (nSPS) is 18.4. The Balaban J connectivity index is 1.45. The number of benzene rings is 1. The number of aryl methyl sites for hydroxylation is 1. The number of morpholine rings is 1. The van der Waals surface area contributed by atoms with Crippen molar-refractivity contribution >= 4 is 23.1 Å². The zero-order chi connectivity index (χ0) is 24.3. The monoisotopic (exact) mass is 494 g/mol. The van der Waals surface area contributed by atoms with Crippen LogP contribution in [0.3, 0.4) is 0 Å². The summed E-state index contributed by atoms with van der Waals surface area (Å²) in [6.07, 6.45) is 7.73. The molecule has 1 saturated carbocycles. The molecule has 10 heteroatoms. The smallest absolute Gasteiger partial charge is 0.261 e. The van der Waals surface area contributed by atoms with E-state index in [1.54, 1.807) is 32.2 Å². The fraction of sp³-hybridized carbons (Fsp3) is 0.360. The van der Waals surface area contributed by atoms with Gasteiger partial charge in [0.05, 0.1) is 31.6 Å². The molecule has 180 valence electrons. The quantitative estimate of drug-likeness (QED) is 0.421. The highest BCUT2D eigenvalue weighted by Gasteiger charge is 2.29. The first-order chi connectivity index (χ1) is 16.9. The molecular formula is C25H24ClFN6O2. The molecule has 0 unspecified atom stereocenters. The summed E-state index contributed by atoms with van der Waals surface area (Å²) in [6.45, 7) is 5.11. The van der Waals surface area contributed by atoms with Crippen molar-refractivity contribution in [2.24, 2.45) is 0 Å². The summed E-state index contributed by atoms with van der Waals surface area (Å²) in [5.41, 5.74) is 2.76. The molecule has 4 heterocycles. The molecular weight excluding hydrogens is 471 g/mol. The first kappa shape index (κ1) is 22.2. The maximum Gasteiger partial charge on any atom is 0.261 e. The SMILES string of the molecule is Cc1nc2c(-c3ccc(Cl)cc3F)nc(N3CCO[C@@H](c4cnn(C5CC5)c4)C3)cn2c(=O)c1C. The van der Waals surface area contributed by atoms with E-state index in [1.165, 1.54) is 10.5 Å². The maximum absolute atomic E-state index is 15.0. The Bertz CT molecular complexity index is 1510. The van der Waals surface area contributed by atoms with E-state index in [2.05, 4.69) is 21.2 Å². The average molecular weight is 495 g/mol. The number of hydrogen-bond donors (Lipinski definition) is 0. The van der Waals surface area contributed by atoms with E-state index in [9.17, 15) is 9.18 Å². The number of anilines is 1. The van der Waals surface area contributed by atoms with Gasteiger partial charge in [-0.1, -0.05) is 11.6 Å². The number of halogens is 2. The van der Waals surface area contributed by atoms with Crippen LogP contribution < -0.4 is 10.5 Å². The van der Waals surface area contributed by atoms with Gasteiger partial charge in [-0.3, -0.25) is 13.9 Å². The Morgan fingerprint density at radius 1 is 1.17 bits per heavy atom. The van der Waals surface area contributed by atoms with Crippen LogP contribution in [0.5, 0.6) is 0 Å². The molecule has 1 atom stereocenters. The number of ether oxygens (including phenoxy) is 1. The van der Waals surface area contributed by atoms with E-state index >= 15 is 0 Å². The average Bonchev–Trinajstić information content (AvgIpc) is 3.59. The Morgan fingerprint density at radius 3 is 2.77 bits per heavy atom. The molecule has 6 rings (SSSR count). The van der Waals surface area contributed by atoms with Gasteiger partial charge in [-0.2, -0.15) is 5.10 Å². The third-order valence-electron chi connectivity index (χ3n) is 6.76. The minimum atomic E-state index is -0.524. The first-order valence-electron chi connectivity index (χ1n) is 11.7. The second-order valence-electron chi connectivity index (χ2n) is 9.18. The second kappa shape index (κ2) is 8.42. The summed E-state index contributed by atoms with van der Waals surface area (Å²) < 4.78 is 24.5. The number of fused-ring (bicyclic) bond motifs is 1. The lowest BCUT2D eigenvalue weighted by molar-refractivity contribution is 0.0394. The standard InChI is InChI=1S/C25H24ClFN6O2/c1-14-15(2)29-24-23(19-6-3-17(26)9-20(19)27)30-22(13-32(24)25(14)34)31-7-8-35-21(12-31)16-10-28-33(11-16)18-4-5-18/h3,6,9-11,13,18,21H,4-5,7-8,12H2,1-2H3/t21-/m1/s1. The lowest BCUT2D eigenvalue weighted by Crippen LogP contribution is -2.39. The van der Waals surface area contributed by atoms with Gasteiger partial charge < -0.3 is 9.64 Å². The van der Waals surface area contributed by atoms with Crippen LogP contribution in [0, 0.1) is 19.7 Å². The van der Waals surface area contributed by atoms with E-state index in [4.69, 9.17) is 21.3 Å². The molecule has 1 aliphatic carbocycles. The maximum atomic E-state index is 15.0. The Labute approximate surface area is 205 Å². The van der Waals surface area contributed by atoms with Crippen LogP contribution in [0.1, 0.15) is 41.8 Å². The Morgan fingerprint density at radius 2 is 2.00 bits per heavy atom. The second-order valence-corrected chi connectivity index (χ2v) is 9.62. The van der Waals surface area contributed by atoms with Crippen molar-refractivity contribution in [3.63, 3.8) is 0 Å². The summed E-state index contributed by atoms with van der Waals surface area (Å²) in [7, 11) is 0. The number of nitrogens with zero attached hydrogens (tertiary/aromatic N) is 6. The molecule has 1 saturated heterocycles. The van der Waals surface area contributed by atoms with Gasteiger partial charge in [0, 0.05) is 40.1 Å². The minimum absolute atomic E-state index is 0.181. The van der Waals surface area contributed by atoms with E-state index < -0.39 is 5.82 Å². The molecule has 8 nitrogen and oxygen atoms in total. The molecule has 0 bridgehead atoms. The summed E-state index contributed by atoms with van der Waals surface area (Å²) in [5, 5.41) is 4.77. The largest absolute Gasteiger partial charge is 0.370 e. The number of aromatic nitrogens is 5. The van der Waals surface area contributed by atoms with Crippen molar-refractivity contribution in [1.29, 1.82) is 0 Å². The van der Waals surface area contributed by atoms with Crippen molar-refractivity contribution in [3.05, 3.63) is 74.8 Å². The van der Waals surface area contributed by atoms with Crippen molar-refractivity contribution in [3.8, 4) is 11.3 Å². The fourth-order valence-corrected chi connectivity index (χ4v) is 4.61. The summed E-state index contributed by atoms with van der Waals surface area (Å²) >= 11 is 5.99. The highest BCUT2D eigenvalue weighted by atomic mass is 35.5. The van der Waals surface area contributed by atoms with Crippen LogP contribution in [0.4, 0.5) is 10.2 Å². The number of rotatable bonds is 4. The third kappa shape index (κ3) is 3.98. The van der Waals surface area contributed by atoms with Crippen LogP contribution in [0.15, 0.2) is 41.6 Å². The minimum Gasteiger partial charge on any atom is -0.370 e. The molecule has 2 fully saturated rings. The summed E-state index contributed by atoms with van der Waals surface area (Å²) in [5.74, 6) is 0.0285. The highest BCUT2D eigenvalue weighted by Crippen LogP contribution is 2.35. The molecule has 1 aliphatic heterocycles. The van der Waals surface area contributed by atoms with Gasteiger partial charge in [0.15, 0.2) is 5.65 Å². The van der Waals surface area contributed by atoms with E-state index in [0.29, 0.717) is 54.2 Å². The van der Waals surface area contributed by atoms with Gasteiger partial charge in [0.2, 0.25) is 0 Å². The molecule has 0 radical (unpaired) electrons. The summed E-state index contributed by atoms with van der Waals surface area (Å²) in [6, 6.07) is 4.91. The van der Waals surface area contributed by atoms with Crippen molar-refractivity contribution < 1.29 is 9.13 Å². The molecule has 35 heavy (non-hydrogen) atoms. The lowest BCUT2D eigenvalue weighted by atomic mass is 10.1. The number of hydrogen-bond acceptors (Lipinski definition) is 6. The molecule has 2 aliphatic rings. The molecule has 0 N–H and O–H groups in total.